The van der Waals surface area contributed by atoms with Crippen molar-refractivity contribution in [2.75, 3.05) is 18.1 Å². The highest BCUT2D eigenvalue weighted by Crippen LogP contribution is 2.44. The number of halogens is 1. The van der Waals surface area contributed by atoms with E-state index in [0.717, 1.165) is 0 Å². The monoisotopic (exact) mass is 461 g/mol. The molecule has 166 valence electrons. The lowest BCUT2D eigenvalue weighted by atomic mass is 9.95. The van der Waals surface area contributed by atoms with Gasteiger partial charge in [-0.3, -0.25) is 14.5 Å². The van der Waals surface area contributed by atoms with E-state index in [4.69, 9.17) is 21.1 Å². The zero-order chi connectivity index (χ0) is 23.1. The van der Waals surface area contributed by atoms with Crippen molar-refractivity contribution < 1.29 is 24.2 Å². The maximum absolute atomic E-state index is 13.3. The molecule has 2 heterocycles. The van der Waals surface area contributed by atoms with E-state index < -0.39 is 17.7 Å². The van der Waals surface area contributed by atoms with Crippen LogP contribution < -0.4 is 14.4 Å². The largest absolute Gasteiger partial charge is 0.507 e. The molecule has 2 aliphatic heterocycles. The Kier molecular flexibility index (Phi) is 5.30. The zero-order valence-electron chi connectivity index (χ0n) is 17.7. The van der Waals surface area contributed by atoms with Crippen molar-refractivity contribution in [1.82, 2.24) is 0 Å². The van der Waals surface area contributed by atoms with Gasteiger partial charge in [0.15, 0.2) is 11.5 Å². The molecule has 1 unspecified atom stereocenters. The van der Waals surface area contributed by atoms with Crippen molar-refractivity contribution in [1.29, 1.82) is 0 Å². The molecule has 0 bridgehead atoms. The lowest BCUT2D eigenvalue weighted by molar-refractivity contribution is -0.132. The Balaban J connectivity index is 1.71. The molecule has 2 aliphatic rings. The number of fused-ring (bicyclic) bond motifs is 1. The summed E-state index contributed by atoms with van der Waals surface area (Å²) in [5.74, 6) is -0.737. The number of ether oxygens (including phenoxy) is 2. The highest BCUT2D eigenvalue weighted by atomic mass is 35.5. The number of carbonyl (C=O) groups is 2. The van der Waals surface area contributed by atoms with Gasteiger partial charge in [-0.05, 0) is 48.4 Å². The number of rotatable bonds is 3. The molecule has 3 aromatic rings. The second kappa shape index (κ2) is 8.30. The third-order valence-electron chi connectivity index (χ3n) is 5.87. The van der Waals surface area contributed by atoms with Crippen molar-refractivity contribution in [2.24, 2.45) is 0 Å². The summed E-state index contributed by atoms with van der Waals surface area (Å²) < 4.78 is 11.2. The quantitative estimate of drug-likeness (QED) is 0.336. The molecule has 33 heavy (non-hydrogen) atoms. The molecule has 1 atom stereocenters. The van der Waals surface area contributed by atoms with Crippen LogP contribution in [0.25, 0.3) is 5.76 Å². The number of hydrogen-bond acceptors (Lipinski definition) is 5. The van der Waals surface area contributed by atoms with Crippen molar-refractivity contribution in [3.05, 3.63) is 94.0 Å². The third-order valence-corrected chi connectivity index (χ3v) is 6.28. The molecule has 0 spiro atoms. The Hall–Kier alpha value is -3.77. The van der Waals surface area contributed by atoms with Crippen molar-refractivity contribution in [3.8, 4) is 11.5 Å². The number of Topliss-reactive ketones (excluding diaryl/α,β-unsaturated/α-hetero) is 1. The van der Waals surface area contributed by atoms with Gasteiger partial charge in [0.05, 0.1) is 11.6 Å². The number of aliphatic hydroxyl groups is 1. The van der Waals surface area contributed by atoms with E-state index in [1.807, 2.05) is 30.3 Å². The number of ketones is 1. The van der Waals surface area contributed by atoms with E-state index >= 15 is 0 Å². The van der Waals surface area contributed by atoms with Gasteiger partial charge in [-0.1, -0.05) is 48.0 Å². The lowest BCUT2D eigenvalue weighted by Gasteiger charge is -2.27. The Bertz CT molecular complexity index is 1300. The topological polar surface area (TPSA) is 76.1 Å². The van der Waals surface area contributed by atoms with Gasteiger partial charge >= 0.3 is 0 Å². The second-order valence-electron chi connectivity index (χ2n) is 7.82. The summed E-state index contributed by atoms with van der Waals surface area (Å²) >= 11 is 6.32. The van der Waals surface area contributed by atoms with E-state index in [0.29, 0.717) is 52.1 Å². The number of aliphatic hydroxyl groups excluding tert-OH is 1. The minimum absolute atomic E-state index is 0.00209. The van der Waals surface area contributed by atoms with Gasteiger partial charge < -0.3 is 14.6 Å². The highest BCUT2D eigenvalue weighted by molar-refractivity contribution is 6.52. The molecule has 3 aromatic carbocycles. The van der Waals surface area contributed by atoms with Crippen LogP contribution in [0.1, 0.15) is 22.7 Å². The first-order valence-corrected chi connectivity index (χ1v) is 10.9. The Morgan fingerprint density at radius 3 is 2.45 bits per heavy atom. The summed E-state index contributed by atoms with van der Waals surface area (Å²) in [6, 6.07) is 18.4. The predicted octanol–water partition coefficient (Wildman–Crippen LogP) is 5.05. The molecule has 1 fully saturated rings. The molecule has 0 saturated carbocycles. The Morgan fingerprint density at radius 1 is 0.970 bits per heavy atom. The Morgan fingerprint density at radius 2 is 1.70 bits per heavy atom. The number of benzene rings is 3. The molecule has 1 N–H and O–H groups in total. The summed E-state index contributed by atoms with van der Waals surface area (Å²) in [4.78, 5) is 28.0. The number of carbonyl (C=O) groups excluding carboxylic acids is 2. The van der Waals surface area contributed by atoms with Crippen molar-refractivity contribution in [2.45, 2.75) is 13.0 Å². The molecule has 6 nitrogen and oxygen atoms in total. The average molecular weight is 462 g/mol. The molecule has 5 rings (SSSR count). The first kappa shape index (κ1) is 21.1. The van der Waals surface area contributed by atoms with Gasteiger partial charge in [-0.25, -0.2) is 0 Å². The Labute approximate surface area is 195 Å². The summed E-state index contributed by atoms with van der Waals surface area (Å²) in [5.41, 5.74) is 2.24. The van der Waals surface area contributed by atoms with E-state index in [-0.39, 0.29) is 11.3 Å². The first-order chi connectivity index (χ1) is 16.0. The molecular weight excluding hydrogens is 442 g/mol. The van der Waals surface area contributed by atoms with Gasteiger partial charge in [0.2, 0.25) is 0 Å². The fourth-order valence-corrected chi connectivity index (χ4v) is 4.40. The van der Waals surface area contributed by atoms with Crippen LogP contribution >= 0.6 is 11.6 Å². The SMILES string of the molecule is Cc1c(Cl)cccc1N1C(=O)C(=O)/C(=C(\O)c2ccc3c(c2)OCCO3)C1c1ccccc1. The first-order valence-electron chi connectivity index (χ1n) is 10.5. The van der Waals surface area contributed by atoms with Crippen molar-refractivity contribution >= 4 is 34.7 Å². The van der Waals surface area contributed by atoms with Crippen LogP contribution in [0.5, 0.6) is 11.5 Å². The summed E-state index contributed by atoms with van der Waals surface area (Å²) in [6.45, 7) is 2.62. The number of amides is 1. The molecule has 7 heteroatoms. The van der Waals surface area contributed by atoms with E-state index in [1.165, 1.54) is 4.90 Å². The van der Waals surface area contributed by atoms with E-state index in [2.05, 4.69) is 0 Å². The van der Waals surface area contributed by atoms with Gasteiger partial charge in [0.25, 0.3) is 11.7 Å². The molecule has 0 radical (unpaired) electrons. The fourth-order valence-electron chi connectivity index (χ4n) is 4.23. The zero-order valence-corrected chi connectivity index (χ0v) is 18.5. The molecule has 1 saturated heterocycles. The number of anilines is 1. The fraction of sp³-hybridized carbons (Fsp3) is 0.154. The lowest BCUT2D eigenvalue weighted by Crippen LogP contribution is -2.30. The average Bonchev–Trinajstić information content (AvgIpc) is 3.11. The second-order valence-corrected chi connectivity index (χ2v) is 8.23. The summed E-state index contributed by atoms with van der Waals surface area (Å²) in [7, 11) is 0. The van der Waals surface area contributed by atoms with Crippen molar-refractivity contribution in [3.63, 3.8) is 0 Å². The maximum Gasteiger partial charge on any atom is 0.300 e. The van der Waals surface area contributed by atoms with Gasteiger partial charge in [0, 0.05) is 16.3 Å². The van der Waals surface area contributed by atoms with Gasteiger partial charge in [-0.15, -0.1) is 0 Å². The normalized spacial score (nSPS) is 19.1. The molecule has 0 aromatic heterocycles. The van der Waals surface area contributed by atoms with Crippen LogP contribution in [-0.2, 0) is 9.59 Å². The maximum atomic E-state index is 13.3. The minimum atomic E-state index is -0.823. The summed E-state index contributed by atoms with van der Waals surface area (Å²) in [6.07, 6.45) is 0. The summed E-state index contributed by atoms with van der Waals surface area (Å²) in [5, 5.41) is 11.8. The number of hydrogen-bond donors (Lipinski definition) is 1. The van der Waals surface area contributed by atoms with Gasteiger partial charge in [-0.2, -0.15) is 0 Å². The van der Waals surface area contributed by atoms with E-state index in [9.17, 15) is 14.7 Å². The molecule has 0 aliphatic carbocycles. The molecule has 1 amide bonds. The number of nitrogens with zero attached hydrogens (tertiary/aromatic N) is 1. The van der Waals surface area contributed by atoms with Crippen LogP contribution in [0.4, 0.5) is 5.69 Å². The third kappa shape index (κ3) is 3.52. The van der Waals surface area contributed by atoms with Crippen LogP contribution in [0.3, 0.4) is 0 Å². The van der Waals surface area contributed by atoms with Gasteiger partial charge in [0.1, 0.15) is 19.0 Å². The predicted molar refractivity (Wildman–Crippen MR) is 125 cm³/mol. The van der Waals surface area contributed by atoms with Crippen LogP contribution in [0, 0.1) is 6.92 Å². The minimum Gasteiger partial charge on any atom is -0.507 e. The van der Waals surface area contributed by atoms with Crippen LogP contribution in [0.2, 0.25) is 5.02 Å². The standard InChI is InChI=1S/C26H20ClNO5/c1-15-18(27)8-5-9-19(15)28-23(16-6-3-2-4-7-16)22(25(30)26(28)31)24(29)17-10-11-20-21(14-17)33-13-12-32-20/h2-11,14,23,29H,12-13H2,1H3/b24-22-. The smallest absolute Gasteiger partial charge is 0.300 e. The highest BCUT2D eigenvalue weighted by Gasteiger charge is 2.47. The van der Waals surface area contributed by atoms with E-state index in [1.54, 1.807) is 43.3 Å². The molecular formula is C26H20ClNO5. The van der Waals surface area contributed by atoms with Crippen LogP contribution in [-0.4, -0.2) is 30.0 Å². The van der Waals surface area contributed by atoms with Crippen LogP contribution in [0.15, 0.2) is 72.3 Å².